The first kappa shape index (κ1) is 14.3. The van der Waals surface area contributed by atoms with Crippen LogP contribution in [0.3, 0.4) is 0 Å². The lowest BCUT2D eigenvalue weighted by molar-refractivity contribution is -0.129. The highest BCUT2D eigenvalue weighted by molar-refractivity contribution is 5.86. The molecule has 0 spiro atoms. The smallest absolute Gasteiger partial charge is 0.263 e. The molecule has 1 atom stereocenters. The Morgan fingerprint density at radius 2 is 1.80 bits per heavy atom. The van der Waals surface area contributed by atoms with Crippen molar-refractivity contribution in [2.45, 2.75) is 47.0 Å². The van der Waals surface area contributed by atoms with Crippen molar-refractivity contribution in [3.63, 3.8) is 0 Å². The van der Waals surface area contributed by atoms with E-state index in [1.807, 2.05) is 27.7 Å². The van der Waals surface area contributed by atoms with Crippen molar-refractivity contribution in [1.29, 1.82) is 0 Å². The summed E-state index contributed by atoms with van der Waals surface area (Å²) in [7, 11) is 0. The average molecular weight is 221 g/mol. The number of halogens is 2. The van der Waals surface area contributed by atoms with Gasteiger partial charge in [0.1, 0.15) is 5.41 Å². The molecule has 0 saturated heterocycles. The summed E-state index contributed by atoms with van der Waals surface area (Å²) in [4.78, 5) is 11.3. The van der Waals surface area contributed by atoms with Crippen LogP contribution in [0, 0.1) is 11.3 Å². The van der Waals surface area contributed by atoms with E-state index in [-0.39, 0.29) is 6.42 Å². The molecule has 0 aromatic rings. The fourth-order valence-electron chi connectivity index (χ4n) is 1.14. The molecule has 1 unspecified atom stereocenters. The molecule has 1 aliphatic rings. The highest BCUT2D eigenvalue weighted by Gasteiger charge is 2.72. The summed E-state index contributed by atoms with van der Waals surface area (Å²) >= 11 is 0. The third kappa shape index (κ3) is 3.14. The molecule has 1 rings (SSSR count). The van der Waals surface area contributed by atoms with Crippen LogP contribution in [-0.2, 0) is 4.79 Å². The largest absolute Gasteiger partial charge is 0.355 e. The Hall–Kier alpha value is -0.670. The highest BCUT2D eigenvalue weighted by atomic mass is 19.3. The SMILES string of the molecule is CC.CC(C)CNC(=O)C1(C)CC1(F)F. The molecule has 15 heavy (non-hydrogen) atoms. The van der Waals surface area contributed by atoms with Gasteiger partial charge in [-0.25, -0.2) is 8.78 Å². The van der Waals surface area contributed by atoms with E-state index in [0.717, 1.165) is 0 Å². The van der Waals surface area contributed by atoms with Crippen LogP contribution in [-0.4, -0.2) is 18.4 Å². The van der Waals surface area contributed by atoms with Crippen molar-refractivity contribution >= 4 is 5.91 Å². The van der Waals surface area contributed by atoms with Gasteiger partial charge in [-0.3, -0.25) is 4.79 Å². The van der Waals surface area contributed by atoms with Gasteiger partial charge in [0, 0.05) is 13.0 Å². The van der Waals surface area contributed by atoms with Gasteiger partial charge in [-0.05, 0) is 12.8 Å². The summed E-state index contributed by atoms with van der Waals surface area (Å²) in [6.45, 7) is 9.62. The predicted molar refractivity (Wildman–Crippen MR) is 56.9 cm³/mol. The summed E-state index contributed by atoms with van der Waals surface area (Å²) in [5.74, 6) is -3.03. The maximum atomic E-state index is 12.7. The van der Waals surface area contributed by atoms with Gasteiger partial charge >= 0.3 is 0 Å². The lowest BCUT2D eigenvalue weighted by atomic mass is 10.1. The first-order valence-corrected chi connectivity index (χ1v) is 5.46. The van der Waals surface area contributed by atoms with Crippen molar-refractivity contribution in [3.05, 3.63) is 0 Å². The van der Waals surface area contributed by atoms with Crippen molar-refractivity contribution in [2.24, 2.45) is 11.3 Å². The number of hydrogen-bond donors (Lipinski definition) is 1. The van der Waals surface area contributed by atoms with Crippen LogP contribution in [0.25, 0.3) is 0 Å². The van der Waals surface area contributed by atoms with Gasteiger partial charge in [0.2, 0.25) is 5.91 Å². The van der Waals surface area contributed by atoms with E-state index in [9.17, 15) is 13.6 Å². The van der Waals surface area contributed by atoms with Crippen molar-refractivity contribution < 1.29 is 13.6 Å². The van der Waals surface area contributed by atoms with E-state index in [1.165, 1.54) is 6.92 Å². The van der Waals surface area contributed by atoms with Crippen LogP contribution in [0.15, 0.2) is 0 Å². The molecule has 1 N–H and O–H groups in total. The number of amides is 1. The van der Waals surface area contributed by atoms with E-state index in [0.29, 0.717) is 12.5 Å². The first-order chi connectivity index (χ1) is 6.79. The Labute approximate surface area is 90.4 Å². The van der Waals surface area contributed by atoms with Crippen molar-refractivity contribution in [3.8, 4) is 0 Å². The Morgan fingerprint density at radius 3 is 2.07 bits per heavy atom. The minimum atomic E-state index is -2.80. The molecule has 1 fully saturated rings. The van der Waals surface area contributed by atoms with Crippen LogP contribution in [0.4, 0.5) is 8.78 Å². The van der Waals surface area contributed by atoms with Crippen molar-refractivity contribution in [1.82, 2.24) is 5.32 Å². The minimum absolute atomic E-state index is 0.292. The summed E-state index contributed by atoms with van der Waals surface area (Å²) in [5, 5.41) is 2.52. The molecule has 0 radical (unpaired) electrons. The lowest BCUT2D eigenvalue weighted by Crippen LogP contribution is -2.35. The fourth-order valence-corrected chi connectivity index (χ4v) is 1.14. The number of rotatable bonds is 3. The summed E-state index contributed by atoms with van der Waals surface area (Å²) in [6, 6.07) is 0. The van der Waals surface area contributed by atoms with E-state index < -0.39 is 17.2 Å². The maximum Gasteiger partial charge on any atom is 0.263 e. The Morgan fingerprint density at radius 1 is 1.40 bits per heavy atom. The summed E-state index contributed by atoms with van der Waals surface area (Å²) in [6.07, 6.45) is -0.316. The predicted octanol–water partition coefficient (Wildman–Crippen LogP) is 2.83. The van der Waals surface area contributed by atoms with Gasteiger partial charge in [-0.2, -0.15) is 0 Å². The van der Waals surface area contributed by atoms with Gasteiger partial charge in [0.15, 0.2) is 0 Å². The van der Waals surface area contributed by atoms with Crippen molar-refractivity contribution in [2.75, 3.05) is 6.54 Å². The number of carbonyl (C=O) groups excluding carboxylic acids is 1. The summed E-state index contributed by atoms with van der Waals surface area (Å²) < 4.78 is 25.4. The minimum Gasteiger partial charge on any atom is -0.355 e. The molecule has 0 bridgehead atoms. The third-order valence-corrected chi connectivity index (χ3v) is 2.43. The number of alkyl halides is 2. The van der Waals surface area contributed by atoms with Gasteiger partial charge in [-0.1, -0.05) is 27.7 Å². The third-order valence-electron chi connectivity index (χ3n) is 2.43. The maximum absolute atomic E-state index is 12.7. The van der Waals surface area contributed by atoms with E-state index in [1.54, 1.807) is 0 Å². The number of carbonyl (C=O) groups is 1. The molecule has 1 aliphatic carbocycles. The monoisotopic (exact) mass is 221 g/mol. The normalized spacial score (nSPS) is 26.7. The molecule has 0 aromatic carbocycles. The van der Waals surface area contributed by atoms with Crippen LogP contribution in [0.1, 0.15) is 41.0 Å². The van der Waals surface area contributed by atoms with Gasteiger partial charge < -0.3 is 5.32 Å². The fraction of sp³-hybridized carbons (Fsp3) is 0.909. The standard InChI is InChI=1S/C9H15F2NO.C2H6/c1-6(2)4-12-7(13)8(3)5-9(8,10)11;1-2/h6H,4-5H2,1-3H3,(H,12,13);1-2H3. The molecule has 1 amide bonds. The zero-order chi connectivity index (χ0) is 12.3. The van der Waals surface area contributed by atoms with Gasteiger partial charge in [0.05, 0.1) is 0 Å². The molecule has 1 saturated carbocycles. The average Bonchev–Trinajstić information content (AvgIpc) is 2.67. The van der Waals surface area contributed by atoms with Gasteiger partial charge in [-0.15, -0.1) is 0 Å². The van der Waals surface area contributed by atoms with Gasteiger partial charge in [0.25, 0.3) is 5.92 Å². The van der Waals surface area contributed by atoms with Crippen LogP contribution in [0.2, 0.25) is 0 Å². The molecular formula is C11H21F2NO. The summed E-state index contributed by atoms with van der Waals surface area (Å²) in [5.41, 5.74) is -1.44. The first-order valence-electron chi connectivity index (χ1n) is 5.46. The molecule has 90 valence electrons. The number of hydrogen-bond acceptors (Lipinski definition) is 1. The van der Waals surface area contributed by atoms with Crippen LogP contribution >= 0.6 is 0 Å². The molecule has 2 nitrogen and oxygen atoms in total. The molecule has 4 heteroatoms. The Kier molecular flexibility index (Phi) is 4.68. The molecular weight excluding hydrogens is 200 g/mol. The topological polar surface area (TPSA) is 29.1 Å². The van der Waals surface area contributed by atoms with Crippen LogP contribution < -0.4 is 5.32 Å². The second kappa shape index (κ2) is 4.90. The van der Waals surface area contributed by atoms with E-state index in [4.69, 9.17) is 0 Å². The second-order valence-electron chi connectivity index (χ2n) is 4.32. The zero-order valence-corrected chi connectivity index (χ0v) is 10.2. The second-order valence-corrected chi connectivity index (χ2v) is 4.32. The zero-order valence-electron chi connectivity index (χ0n) is 10.2. The number of nitrogens with one attached hydrogen (secondary N) is 1. The Bertz CT molecular complexity index is 229. The molecule has 0 heterocycles. The quantitative estimate of drug-likeness (QED) is 0.780. The van der Waals surface area contributed by atoms with Crippen LogP contribution in [0.5, 0.6) is 0 Å². The molecule has 0 aromatic heterocycles. The Balaban J connectivity index is 0.000000921. The molecule has 0 aliphatic heterocycles. The van der Waals surface area contributed by atoms with E-state index in [2.05, 4.69) is 5.32 Å². The highest BCUT2D eigenvalue weighted by Crippen LogP contribution is 2.60. The van der Waals surface area contributed by atoms with E-state index >= 15 is 0 Å². The lowest BCUT2D eigenvalue weighted by Gasteiger charge is -2.12.